The number of nitrogens with zero attached hydrogens (tertiary/aromatic N) is 2. The maximum absolute atomic E-state index is 13.5. The van der Waals surface area contributed by atoms with Gasteiger partial charge in [0.25, 0.3) is 0 Å². The van der Waals surface area contributed by atoms with E-state index in [-0.39, 0.29) is 23.5 Å². The van der Waals surface area contributed by atoms with Crippen LogP contribution in [0.3, 0.4) is 0 Å². The van der Waals surface area contributed by atoms with Gasteiger partial charge in [-0.2, -0.15) is 0 Å². The van der Waals surface area contributed by atoms with Crippen LogP contribution < -0.4 is 10.1 Å². The lowest BCUT2D eigenvalue weighted by Gasteiger charge is -2.32. The van der Waals surface area contributed by atoms with E-state index in [0.717, 1.165) is 55.7 Å². The molecule has 0 bridgehead atoms. The number of carbonyl (C=O) groups excluding carboxylic acids is 1. The van der Waals surface area contributed by atoms with E-state index in [0.29, 0.717) is 12.4 Å². The first kappa shape index (κ1) is 24.8. The Bertz CT molecular complexity index is 1100. The molecule has 0 aliphatic carbocycles. The molecule has 1 aromatic heterocycles. The average molecular weight is 480 g/mol. The molecule has 2 heterocycles. The number of aryl methyl sites for hydroxylation is 1. The molecule has 2 aromatic carbocycles. The van der Waals surface area contributed by atoms with Crippen molar-refractivity contribution in [1.29, 1.82) is 0 Å². The number of ether oxygens (including phenoxy) is 1. The van der Waals surface area contributed by atoms with E-state index in [9.17, 15) is 13.6 Å². The molecule has 7 heteroatoms. The van der Waals surface area contributed by atoms with E-state index < -0.39 is 6.04 Å². The summed E-state index contributed by atoms with van der Waals surface area (Å²) in [5.74, 6) is 0.00778. The number of hydrogen-bond donors (Lipinski definition) is 1. The molecule has 5 nitrogen and oxygen atoms in total. The number of halogens is 2. The van der Waals surface area contributed by atoms with Crippen LogP contribution in [0.2, 0.25) is 0 Å². The Labute approximate surface area is 205 Å². The fourth-order valence-corrected chi connectivity index (χ4v) is 4.45. The molecule has 0 spiro atoms. The molecule has 1 fully saturated rings. The van der Waals surface area contributed by atoms with E-state index >= 15 is 0 Å². The Morgan fingerprint density at radius 3 is 2.37 bits per heavy atom. The zero-order valence-electron chi connectivity index (χ0n) is 19.9. The average Bonchev–Trinajstić information content (AvgIpc) is 2.88. The van der Waals surface area contributed by atoms with Gasteiger partial charge in [-0.1, -0.05) is 18.2 Å². The van der Waals surface area contributed by atoms with Gasteiger partial charge in [-0.05, 0) is 92.9 Å². The molecule has 1 unspecified atom stereocenters. The summed E-state index contributed by atoms with van der Waals surface area (Å²) < 4.78 is 32.1. The minimum Gasteiger partial charge on any atom is -0.494 e. The Morgan fingerprint density at radius 1 is 1.06 bits per heavy atom. The zero-order chi connectivity index (χ0) is 24.6. The highest BCUT2D eigenvalue weighted by atomic mass is 19.1. The zero-order valence-corrected chi connectivity index (χ0v) is 19.9. The van der Waals surface area contributed by atoms with Gasteiger partial charge in [0.05, 0.1) is 18.3 Å². The lowest BCUT2D eigenvalue weighted by molar-refractivity contribution is -0.127. The van der Waals surface area contributed by atoms with Crippen molar-refractivity contribution in [2.75, 3.05) is 26.2 Å². The lowest BCUT2D eigenvalue weighted by atomic mass is 9.93. The second kappa shape index (κ2) is 11.9. The van der Waals surface area contributed by atoms with Crippen molar-refractivity contribution in [3.8, 4) is 5.75 Å². The third-order valence-corrected chi connectivity index (χ3v) is 6.47. The Hall–Kier alpha value is -3.32. The van der Waals surface area contributed by atoms with Crippen LogP contribution in [0.15, 0.2) is 66.9 Å². The molecular weight excluding hydrogens is 448 g/mol. The molecule has 4 rings (SSSR count). The maximum atomic E-state index is 13.5. The standard InChI is InChI=1S/C28H31F2N3O2/c1-20-4-2-15-31-26(20)27(21-5-7-23(29)8-6-21)32-28(34)22-13-17-33(18-14-22)16-3-19-35-25-11-9-24(30)10-12-25/h2,4-12,15,22,27H,3,13-14,16-19H2,1H3,(H,32,34). The van der Waals surface area contributed by atoms with Crippen LogP contribution in [-0.4, -0.2) is 42.0 Å². The molecule has 1 aliphatic rings. The van der Waals surface area contributed by atoms with Crippen molar-refractivity contribution < 1.29 is 18.3 Å². The van der Waals surface area contributed by atoms with E-state index in [1.807, 2.05) is 19.1 Å². The van der Waals surface area contributed by atoms with E-state index in [4.69, 9.17) is 4.74 Å². The molecule has 1 N–H and O–H groups in total. The summed E-state index contributed by atoms with van der Waals surface area (Å²) >= 11 is 0. The summed E-state index contributed by atoms with van der Waals surface area (Å²) in [6.07, 6.45) is 4.13. The van der Waals surface area contributed by atoms with Crippen molar-refractivity contribution in [3.63, 3.8) is 0 Å². The minimum absolute atomic E-state index is 0.00340. The smallest absolute Gasteiger partial charge is 0.224 e. The quantitative estimate of drug-likeness (QED) is 0.436. The molecule has 184 valence electrons. The number of nitrogens with one attached hydrogen (secondary N) is 1. The van der Waals surface area contributed by atoms with Crippen molar-refractivity contribution in [2.24, 2.45) is 5.92 Å². The van der Waals surface area contributed by atoms with Crippen LogP contribution in [0.5, 0.6) is 5.75 Å². The monoisotopic (exact) mass is 479 g/mol. The van der Waals surface area contributed by atoms with Gasteiger partial charge in [-0.15, -0.1) is 0 Å². The third-order valence-electron chi connectivity index (χ3n) is 6.47. The molecule has 3 aromatic rings. The highest BCUT2D eigenvalue weighted by Crippen LogP contribution is 2.26. The van der Waals surface area contributed by atoms with Gasteiger partial charge >= 0.3 is 0 Å². The summed E-state index contributed by atoms with van der Waals surface area (Å²) in [6, 6.07) is 15.7. The van der Waals surface area contributed by atoms with E-state index in [2.05, 4.69) is 15.2 Å². The molecular formula is C28H31F2N3O2. The Morgan fingerprint density at radius 2 is 1.71 bits per heavy atom. The first-order valence-electron chi connectivity index (χ1n) is 12.1. The number of rotatable bonds is 9. The minimum atomic E-state index is -0.425. The summed E-state index contributed by atoms with van der Waals surface area (Å²) in [4.78, 5) is 20.1. The SMILES string of the molecule is Cc1cccnc1C(NC(=O)C1CCN(CCCOc2ccc(F)cc2)CC1)c1ccc(F)cc1. The van der Waals surface area contributed by atoms with Gasteiger partial charge in [0.15, 0.2) is 0 Å². The number of piperidine rings is 1. The van der Waals surface area contributed by atoms with Crippen LogP contribution in [-0.2, 0) is 4.79 Å². The summed E-state index contributed by atoms with van der Waals surface area (Å²) in [6.45, 7) is 5.11. The van der Waals surface area contributed by atoms with Crippen LogP contribution in [0.1, 0.15) is 42.1 Å². The fraction of sp³-hybridized carbons (Fsp3) is 0.357. The van der Waals surface area contributed by atoms with Crippen LogP contribution in [0, 0.1) is 24.5 Å². The number of pyridine rings is 1. The van der Waals surface area contributed by atoms with Crippen molar-refractivity contribution in [3.05, 3.63) is 95.3 Å². The van der Waals surface area contributed by atoms with Gasteiger partial charge in [-0.3, -0.25) is 9.78 Å². The van der Waals surface area contributed by atoms with Crippen molar-refractivity contribution in [1.82, 2.24) is 15.2 Å². The Balaban J connectivity index is 1.28. The molecule has 35 heavy (non-hydrogen) atoms. The van der Waals surface area contributed by atoms with Crippen molar-refractivity contribution in [2.45, 2.75) is 32.2 Å². The summed E-state index contributed by atoms with van der Waals surface area (Å²) in [5, 5.41) is 3.18. The number of benzene rings is 2. The number of hydrogen-bond acceptors (Lipinski definition) is 4. The molecule has 0 radical (unpaired) electrons. The normalized spacial score (nSPS) is 15.5. The predicted molar refractivity (Wildman–Crippen MR) is 131 cm³/mol. The predicted octanol–water partition coefficient (Wildman–Crippen LogP) is 5.05. The van der Waals surface area contributed by atoms with E-state index in [1.165, 1.54) is 24.3 Å². The summed E-state index contributed by atoms with van der Waals surface area (Å²) in [7, 11) is 0. The topological polar surface area (TPSA) is 54.5 Å². The lowest BCUT2D eigenvalue weighted by Crippen LogP contribution is -2.42. The van der Waals surface area contributed by atoms with Crippen LogP contribution in [0.25, 0.3) is 0 Å². The first-order valence-corrected chi connectivity index (χ1v) is 12.1. The highest BCUT2D eigenvalue weighted by Gasteiger charge is 2.28. The third kappa shape index (κ3) is 6.85. The number of amides is 1. The molecule has 1 aliphatic heterocycles. The molecule has 0 saturated carbocycles. The van der Waals surface area contributed by atoms with Gasteiger partial charge < -0.3 is 15.0 Å². The molecule has 1 atom stereocenters. The van der Waals surface area contributed by atoms with Gasteiger partial charge in [0, 0.05) is 18.7 Å². The second-order valence-corrected chi connectivity index (χ2v) is 8.97. The second-order valence-electron chi connectivity index (χ2n) is 8.97. The fourth-order valence-electron chi connectivity index (χ4n) is 4.45. The number of likely N-dealkylation sites (tertiary alicyclic amines) is 1. The molecule has 1 saturated heterocycles. The molecule has 1 amide bonds. The maximum Gasteiger partial charge on any atom is 0.224 e. The summed E-state index contributed by atoms with van der Waals surface area (Å²) in [5.41, 5.74) is 2.55. The number of carbonyl (C=O) groups is 1. The van der Waals surface area contributed by atoms with Crippen molar-refractivity contribution >= 4 is 5.91 Å². The van der Waals surface area contributed by atoms with Gasteiger partial charge in [-0.25, -0.2) is 8.78 Å². The highest BCUT2D eigenvalue weighted by molar-refractivity contribution is 5.79. The first-order chi connectivity index (χ1) is 17.0. The van der Waals surface area contributed by atoms with E-state index in [1.54, 1.807) is 30.5 Å². The Kier molecular flexibility index (Phi) is 8.42. The van der Waals surface area contributed by atoms with Crippen LogP contribution in [0.4, 0.5) is 8.78 Å². The largest absolute Gasteiger partial charge is 0.494 e. The van der Waals surface area contributed by atoms with Gasteiger partial charge in [0.2, 0.25) is 5.91 Å². The van der Waals surface area contributed by atoms with Crippen LogP contribution >= 0.6 is 0 Å². The van der Waals surface area contributed by atoms with Gasteiger partial charge in [0.1, 0.15) is 17.4 Å². The number of aromatic nitrogens is 1.